The van der Waals surface area contributed by atoms with Gasteiger partial charge in [-0.05, 0) is 37.5 Å². The Morgan fingerprint density at radius 2 is 1.50 bits per heavy atom. The Hall–Kier alpha value is -1.08. The summed E-state index contributed by atoms with van der Waals surface area (Å²) in [5.41, 5.74) is 0. The highest BCUT2D eigenvalue weighted by molar-refractivity contribution is 7.96. The SMILES string of the molecule is CC[C@H](C)[C@@H](C(=O)N[C@H](C(=O)N(C)[C@@H](CC(C)C)C(=O)C(C)C)C(C)C)N(C)SC. The Kier molecular flexibility index (Phi) is 12.9. The summed E-state index contributed by atoms with van der Waals surface area (Å²) in [4.78, 5) is 41.0. The molecule has 0 bridgehead atoms. The molecule has 6 nitrogen and oxygen atoms in total. The van der Waals surface area contributed by atoms with Gasteiger partial charge < -0.3 is 10.2 Å². The van der Waals surface area contributed by atoms with Gasteiger partial charge in [-0.2, -0.15) is 0 Å². The lowest BCUT2D eigenvalue weighted by molar-refractivity contribution is -0.144. The van der Waals surface area contributed by atoms with Crippen LogP contribution in [0.4, 0.5) is 0 Å². The molecule has 0 unspecified atom stereocenters. The third kappa shape index (κ3) is 8.22. The van der Waals surface area contributed by atoms with Crippen LogP contribution >= 0.6 is 11.9 Å². The minimum Gasteiger partial charge on any atom is -0.343 e. The van der Waals surface area contributed by atoms with Crippen molar-refractivity contribution < 1.29 is 14.4 Å². The molecule has 30 heavy (non-hydrogen) atoms. The van der Waals surface area contributed by atoms with Crippen molar-refractivity contribution in [3.8, 4) is 0 Å². The number of nitrogens with zero attached hydrogens (tertiary/aromatic N) is 2. The van der Waals surface area contributed by atoms with Crippen molar-refractivity contribution in [1.29, 1.82) is 0 Å². The van der Waals surface area contributed by atoms with Crippen LogP contribution in [0.25, 0.3) is 0 Å². The summed E-state index contributed by atoms with van der Waals surface area (Å²) in [6.45, 7) is 15.8. The highest BCUT2D eigenvalue weighted by Gasteiger charge is 2.37. The minimum atomic E-state index is -0.668. The Balaban J connectivity index is 5.73. The van der Waals surface area contributed by atoms with Crippen LogP contribution in [-0.2, 0) is 14.4 Å². The molecule has 0 rings (SSSR count). The molecule has 0 aliphatic heterocycles. The standard InChI is InChI=1S/C23H45N3O3S/c1-12-17(8)20(26(10)30-11)22(28)24-19(15(4)5)23(29)25(9)18(13-14(2)3)21(27)16(6)7/h14-20H,12-13H2,1-11H3,(H,24,28)/t17-,18-,19-,20-/m0/s1. The molecular weight excluding hydrogens is 398 g/mol. The first-order valence-corrected chi connectivity index (χ1v) is 12.4. The Labute approximate surface area is 189 Å². The van der Waals surface area contributed by atoms with Gasteiger partial charge in [0.1, 0.15) is 12.1 Å². The van der Waals surface area contributed by atoms with Crippen molar-refractivity contribution in [2.45, 2.75) is 86.4 Å². The smallest absolute Gasteiger partial charge is 0.245 e. The lowest BCUT2D eigenvalue weighted by Gasteiger charge is -2.36. The largest absolute Gasteiger partial charge is 0.343 e. The molecule has 0 aromatic carbocycles. The van der Waals surface area contributed by atoms with Crippen LogP contribution in [0.2, 0.25) is 0 Å². The second-order valence-corrected chi connectivity index (χ2v) is 10.4. The van der Waals surface area contributed by atoms with E-state index in [0.717, 1.165) is 6.42 Å². The number of likely N-dealkylation sites (N-methyl/N-ethyl adjacent to an activating group) is 2. The maximum absolute atomic E-state index is 13.4. The zero-order valence-electron chi connectivity index (χ0n) is 21.0. The van der Waals surface area contributed by atoms with E-state index in [1.54, 1.807) is 11.9 Å². The molecule has 7 heteroatoms. The molecule has 0 aromatic heterocycles. The molecule has 0 saturated carbocycles. The number of carbonyl (C=O) groups excluding carboxylic acids is 3. The fourth-order valence-corrected chi connectivity index (χ4v) is 4.07. The van der Waals surface area contributed by atoms with E-state index in [9.17, 15) is 14.4 Å². The monoisotopic (exact) mass is 443 g/mol. The van der Waals surface area contributed by atoms with Gasteiger partial charge in [-0.3, -0.25) is 14.4 Å². The summed E-state index contributed by atoms with van der Waals surface area (Å²) >= 11 is 1.51. The van der Waals surface area contributed by atoms with Gasteiger partial charge in [-0.15, -0.1) is 0 Å². The second kappa shape index (κ2) is 13.4. The lowest BCUT2D eigenvalue weighted by Crippen LogP contribution is -2.58. The Morgan fingerprint density at radius 1 is 0.967 bits per heavy atom. The first-order valence-electron chi connectivity index (χ1n) is 11.2. The van der Waals surface area contributed by atoms with Gasteiger partial charge in [-0.1, -0.05) is 73.8 Å². The Bertz CT molecular complexity index is 556. The number of nitrogens with one attached hydrogen (secondary N) is 1. The van der Waals surface area contributed by atoms with Crippen LogP contribution < -0.4 is 5.32 Å². The van der Waals surface area contributed by atoms with Gasteiger partial charge in [0.15, 0.2) is 5.78 Å². The molecule has 0 fully saturated rings. The number of amides is 2. The van der Waals surface area contributed by atoms with Gasteiger partial charge >= 0.3 is 0 Å². The molecule has 0 saturated heterocycles. The third-order valence-electron chi connectivity index (χ3n) is 5.77. The average Bonchev–Trinajstić information content (AvgIpc) is 2.67. The molecule has 4 atom stereocenters. The quantitative estimate of drug-likeness (QED) is 0.438. The van der Waals surface area contributed by atoms with E-state index in [0.29, 0.717) is 6.42 Å². The van der Waals surface area contributed by atoms with Crippen molar-refractivity contribution >= 4 is 29.5 Å². The molecule has 1 N–H and O–H groups in total. The van der Waals surface area contributed by atoms with Gasteiger partial charge in [0.05, 0.1) is 6.04 Å². The third-order valence-corrected chi connectivity index (χ3v) is 6.57. The van der Waals surface area contributed by atoms with Crippen molar-refractivity contribution in [2.24, 2.45) is 23.7 Å². The van der Waals surface area contributed by atoms with E-state index in [1.165, 1.54) is 11.9 Å². The fourth-order valence-electron chi connectivity index (χ4n) is 3.54. The van der Waals surface area contributed by atoms with E-state index in [4.69, 9.17) is 0 Å². The van der Waals surface area contributed by atoms with Crippen LogP contribution in [0, 0.1) is 23.7 Å². The predicted octanol–water partition coefficient (Wildman–Crippen LogP) is 3.85. The number of ketones is 1. The van der Waals surface area contributed by atoms with Crippen molar-refractivity contribution in [2.75, 3.05) is 20.4 Å². The molecule has 0 spiro atoms. The van der Waals surface area contributed by atoms with E-state index in [2.05, 4.69) is 33.0 Å². The highest BCUT2D eigenvalue weighted by Crippen LogP contribution is 2.21. The highest BCUT2D eigenvalue weighted by atomic mass is 32.2. The summed E-state index contributed by atoms with van der Waals surface area (Å²) < 4.78 is 1.94. The zero-order valence-corrected chi connectivity index (χ0v) is 21.8. The average molecular weight is 444 g/mol. The van der Waals surface area contributed by atoms with E-state index in [1.807, 2.05) is 45.3 Å². The van der Waals surface area contributed by atoms with Gasteiger partial charge in [0.25, 0.3) is 0 Å². The van der Waals surface area contributed by atoms with Crippen molar-refractivity contribution in [3.05, 3.63) is 0 Å². The van der Waals surface area contributed by atoms with Gasteiger partial charge in [-0.25, -0.2) is 4.31 Å². The predicted molar refractivity (Wildman–Crippen MR) is 127 cm³/mol. The van der Waals surface area contributed by atoms with E-state index >= 15 is 0 Å². The molecule has 0 aliphatic carbocycles. The molecule has 0 aliphatic rings. The van der Waals surface area contributed by atoms with Crippen LogP contribution in [-0.4, -0.2) is 65.3 Å². The van der Waals surface area contributed by atoms with Crippen LogP contribution in [0.15, 0.2) is 0 Å². The summed E-state index contributed by atoms with van der Waals surface area (Å²) in [6, 6.07) is -1.47. The van der Waals surface area contributed by atoms with Crippen molar-refractivity contribution in [1.82, 2.24) is 14.5 Å². The Morgan fingerprint density at radius 3 is 1.87 bits per heavy atom. The molecular formula is C23H45N3O3S. The lowest BCUT2D eigenvalue weighted by atomic mass is 9.91. The topological polar surface area (TPSA) is 69.7 Å². The number of hydrogen-bond acceptors (Lipinski definition) is 5. The normalized spacial score (nSPS) is 16.0. The van der Waals surface area contributed by atoms with Crippen molar-refractivity contribution in [3.63, 3.8) is 0 Å². The number of Topliss-reactive ketones (excluding diaryl/α,β-unsaturated/α-hetero) is 1. The summed E-state index contributed by atoms with van der Waals surface area (Å²) in [5, 5.41) is 3.01. The molecule has 0 heterocycles. The molecule has 0 radical (unpaired) electrons. The first-order chi connectivity index (χ1) is 13.8. The summed E-state index contributed by atoms with van der Waals surface area (Å²) in [7, 11) is 3.59. The van der Waals surface area contributed by atoms with E-state index in [-0.39, 0.29) is 47.3 Å². The molecule has 2 amide bonds. The first kappa shape index (κ1) is 28.9. The van der Waals surface area contributed by atoms with E-state index < -0.39 is 12.1 Å². The summed E-state index contributed by atoms with van der Waals surface area (Å²) in [6.07, 6.45) is 3.42. The minimum absolute atomic E-state index is 0.0629. The zero-order chi connectivity index (χ0) is 23.8. The van der Waals surface area contributed by atoms with Gasteiger partial charge in [0.2, 0.25) is 11.8 Å². The second-order valence-electron chi connectivity index (χ2n) is 9.44. The maximum atomic E-state index is 13.4. The molecule has 0 aromatic rings. The van der Waals surface area contributed by atoms with Crippen LogP contribution in [0.1, 0.15) is 68.2 Å². The fraction of sp³-hybridized carbons (Fsp3) is 0.870. The number of hydrogen-bond donors (Lipinski definition) is 1. The van der Waals surface area contributed by atoms with Gasteiger partial charge in [0, 0.05) is 13.0 Å². The van der Waals surface area contributed by atoms with Crippen LogP contribution in [0.3, 0.4) is 0 Å². The molecule has 176 valence electrons. The number of rotatable bonds is 13. The number of carbonyl (C=O) groups is 3. The summed E-state index contributed by atoms with van der Waals surface area (Å²) in [5.74, 6) is -0.0849. The van der Waals surface area contributed by atoms with Crippen LogP contribution in [0.5, 0.6) is 0 Å². The maximum Gasteiger partial charge on any atom is 0.245 e.